The lowest BCUT2D eigenvalue weighted by molar-refractivity contribution is -0.210. The highest BCUT2D eigenvalue weighted by atomic mass is 28.4. The first kappa shape index (κ1) is 28.4. The van der Waals surface area contributed by atoms with Crippen molar-refractivity contribution in [2.24, 2.45) is 0 Å². The van der Waals surface area contributed by atoms with Crippen LogP contribution in [0.5, 0.6) is 0 Å². The van der Waals surface area contributed by atoms with E-state index in [0.29, 0.717) is 0 Å². The molecule has 0 aromatic rings. The van der Waals surface area contributed by atoms with Crippen LogP contribution in [-0.2, 0) is 27.6 Å². The number of hydrogen-bond acceptors (Lipinski definition) is 6. The Morgan fingerprint density at radius 2 is 1.41 bits per heavy atom. The molecule has 11 heteroatoms. The van der Waals surface area contributed by atoms with Gasteiger partial charge < -0.3 is 23.3 Å². The van der Waals surface area contributed by atoms with Gasteiger partial charge in [0.05, 0.1) is 0 Å². The molecule has 0 bridgehead atoms. The molecule has 0 saturated carbocycles. The first-order valence-corrected chi connectivity index (χ1v) is 21.7. The number of carbonyl (C=O) groups is 2. The molecule has 0 aromatic heterocycles. The van der Waals surface area contributed by atoms with E-state index in [1.54, 1.807) is 0 Å². The summed E-state index contributed by atoms with van der Waals surface area (Å²) in [6.07, 6.45) is -0.430. The first-order valence-electron chi connectivity index (χ1n) is 10.0. The van der Waals surface area contributed by atoms with E-state index in [9.17, 15) is 9.59 Å². The van der Waals surface area contributed by atoms with E-state index in [1.807, 2.05) is 39.3 Å². The van der Waals surface area contributed by atoms with Crippen molar-refractivity contribution in [3.8, 4) is 0 Å². The van der Waals surface area contributed by atoms with Crippen molar-refractivity contribution >= 4 is 47.1 Å². The SMILES string of the molecule is C=C(C)C(=O)OCC(=O)NC(O[Si](C)(C)C)(O[Si](C)(C)C)C(C[SiH3])O[Si](C)(C)C. The maximum atomic E-state index is 12.8. The molecular weight excluding hydrogens is 439 g/mol. The molecule has 0 fully saturated rings. The normalized spacial score (nSPS) is 14.4. The molecule has 29 heavy (non-hydrogen) atoms. The summed E-state index contributed by atoms with van der Waals surface area (Å²) in [6.45, 7) is 23.2. The Morgan fingerprint density at radius 3 is 1.72 bits per heavy atom. The zero-order chi connectivity index (χ0) is 23.3. The first-order chi connectivity index (χ1) is 12.8. The fraction of sp³-hybridized carbons (Fsp3) is 0.778. The Balaban J connectivity index is 6.03. The highest BCUT2D eigenvalue weighted by Crippen LogP contribution is 2.31. The number of hydrogen-bond donors (Lipinski definition) is 1. The van der Waals surface area contributed by atoms with Crippen LogP contribution in [-0.4, -0.2) is 65.7 Å². The van der Waals surface area contributed by atoms with E-state index in [1.165, 1.54) is 6.92 Å². The topological polar surface area (TPSA) is 83.1 Å². The smallest absolute Gasteiger partial charge is 0.333 e. The minimum absolute atomic E-state index is 0.236. The Bertz CT molecular complexity index is 577. The van der Waals surface area contributed by atoms with Crippen LogP contribution < -0.4 is 5.32 Å². The van der Waals surface area contributed by atoms with Gasteiger partial charge in [-0.3, -0.25) is 4.79 Å². The van der Waals surface area contributed by atoms with E-state index >= 15 is 0 Å². The van der Waals surface area contributed by atoms with E-state index in [4.69, 9.17) is 18.0 Å². The summed E-state index contributed by atoms with van der Waals surface area (Å²) in [5.74, 6) is -2.50. The van der Waals surface area contributed by atoms with Gasteiger partial charge in [0.1, 0.15) is 6.10 Å². The molecule has 0 radical (unpaired) electrons. The van der Waals surface area contributed by atoms with Crippen molar-refractivity contribution < 1.29 is 27.6 Å². The molecule has 0 aliphatic rings. The van der Waals surface area contributed by atoms with Crippen LogP contribution in [0.25, 0.3) is 0 Å². The van der Waals surface area contributed by atoms with Crippen molar-refractivity contribution in [2.45, 2.75) is 83.9 Å². The van der Waals surface area contributed by atoms with Gasteiger partial charge >= 0.3 is 5.97 Å². The predicted octanol–water partition coefficient (Wildman–Crippen LogP) is 2.58. The maximum absolute atomic E-state index is 12.8. The lowest BCUT2D eigenvalue weighted by Crippen LogP contribution is -2.68. The van der Waals surface area contributed by atoms with Crippen molar-refractivity contribution in [3.63, 3.8) is 0 Å². The predicted molar refractivity (Wildman–Crippen MR) is 128 cm³/mol. The van der Waals surface area contributed by atoms with Crippen LogP contribution in [0.2, 0.25) is 65.0 Å². The average Bonchev–Trinajstić information content (AvgIpc) is 2.45. The van der Waals surface area contributed by atoms with E-state index in [-0.39, 0.29) is 5.57 Å². The molecule has 170 valence electrons. The third-order valence-electron chi connectivity index (χ3n) is 3.20. The van der Waals surface area contributed by atoms with Crippen LogP contribution in [0.15, 0.2) is 12.2 Å². The summed E-state index contributed by atoms with van der Waals surface area (Å²) >= 11 is 0. The molecule has 1 atom stereocenters. The lowest BCUT2D eigenvalue weighted by atomic mass is 10.3. The summed E-state index contributed by atoms with van der Waals surface area (Å²) in [6, 6.07) is 0.727. The number of amides is 1. The lowest BCUT2D eigenvalue weighted by Gasteiger charge is -2.48. The highest BCUT2D eigenvalue weighted by molar-refractivity contribution is 6.71. The van der Waals surface area contributed by atoms with Crippen LogP contribution in [0.1, 0.15) is 6.92 Å². The van der Waals surface area contributed by atoms with Gasteiger partial charge in [-0.2, -0.15) is 0 Å². The van der Waals surface area contributed by atoms with Crippen molar-refractivity contribution in [3.05, 3.63) is 12.2 Å². The molecule has 7 nitrogen and oxygen atoms in total. The minimum atomic E-state index is -2.16. The molecule has 1 unspecified atom stereocenters. The molecule has 0 heterocycles. The van der Waals surface area contributed by atoms with Gasteiger partial charge in [-0.25, -0.2) is 4.79 Å². The number of esters is 1. The molecule has 0 aromatic carbocycles. The molecule has 1 amide bonds. The molecular formula is C18H41NO6Si4. The second-order valence-corrected chi connectivity index (χ2v) is 24.3. The van der Waals surface area contributed by atoms with Gasteiger partial charge in [0.25, 0.3) is 11.8 Å². The summed E-state index contributed by atoms with van der Waals surface area (Å²) in [5.41, 5.74) is 0.236. The number of carbonyl (C=O) groups excluding carboxylic acids is 2. The van der Waals surface area contributed by atoms with Gasteiger partial charge in [0, 0.05) is 15.8 Å². The van der Waals surface area contributed by atoms with E-state index in [2.05, 4.69) is 31.5 Å². The largest absolute Gasteiger partial charge is 0.452 e. The van der Waals surface area contributed by atoms with Gasteiger partial charge in [-0.05, 0) is 71.9 Å². The Hall–Kier alpha value is -0.572. The van der Waals surface area contributed by atoms with E-state index in [0.717, 1.165) is 16.3 Å². The third-order valence-corrected chi connectivity index (χ3v) is 6.77. The molecule has 0 saturated heterocycles. The number of rotatable bonds is 12. The standard InChI is InChI=1S/C18H41NO6Si4/c1-14(2)17(21)22-12-16(20)19-18(24-28(6,7)8,25-29(9,10)11)15(13-26)23-27(3,4)5/h15H,1,12-13H2,2-11,26H3,(H,19,20). The van der Waals surface area contributed by atoms with E-state index < -0.39 is 55.5 Å². The Kier molecular flexibility index (Phi) is 10.4. The molecule has 0 aliphatic carbocycles. The Morgan fingerprint density at radius 1 is 0.966 bits per heavy atom. The summed E-state index contributed by atoms with van der Waals surface area (Å²) in [4.78, 5) is 24.4. The van der Waals surface area contributed by atoms with Crippen LogP contribution in [0.4, 0.5) is 0 Å². The van der Waals surface area contributed by atoms with Gasteiger partial charge in [0.15, 0.2) is 31.6 Å². The maximum Gasteiger partial charge on any atom is 0.333 e. The molecule has 1 N–H and O–H groups in total. The van der Waals surface area contributed by atoms with Gasteiger partial charge in [-0.1, -0.05) is 6.58 Å². The third kappa shape index (κ3) is 12.0. The van der Waals surface area contributed by atoms with Crippen molar-refractivity contribution in [2.75, 3.05) is 6.61 Å². The minimum Gasteiger partial charge on any atom is -0.452 e. The zero-order valence-electron chi connectivity index (χ0n) is 20.1. The second-order valence-electron chi connectivity index (χ2n) is 10.1. The fourth-order valence-electron chi connectivity index (χ4n) is 2.53. The molecule has 0 aliphatic heterocycles. The highest BCUT2D eigenvalue weighted by Gasteiger charge is 2.49. The van der Waals surface area contributed by atoms with Crippen LogP contribution >= 0.6 is 0 Å². The number of ether oxygens (including phenoxy) is 1. The average molecular weight is 480 g/mol. The van der Waals surface area contributed by atoms with Crippen molar-refractivity contribution in [1.82, 2.24) is 5.32 Å². The molecule has 0 rings (SSSR count). The summed E-state index contributed by atoms with van der Waals surface area (Å²) < 4.78 is 24.5. The summed E-state index contributed by atoms with van der Waals surface area (Å²) in [5, 5.41) is 2.91. The van der Waals surface area contributed by atoms with Crippen molar-refractivity contribution in [1.29, 1.82) is 0 Å². The zero-order valence-corrected chi connectivity index (χ0v) is 25.1. The fourth-order valence-corrected chi connectivity index (χ4v) is 7.10. The van der Waals surface area contributed by atoms with Crippen LogP contribution in [0.3, 0.4) is 0 Å². The van der Waals surface area contributed by atoms with Crippen LogP contribution in [0, 0.1) is 0 Å². The monoisotopic (exact) mass is 479 g/mol. The quantitative estimate of drug-likeness (QED) is 0.200. The van der Waals surface area contributed by atoms with Gasteiger partial charge in [-0.15, -0.1) is 0 Å². The number of nitrogens with one attached hydrogen (secondary N) is 1. The second kappa shape index (κ2) is 10.6. The Labute approximate surface area is 182 Å². The summed E-state index contributed by atoms with van der Waals surface area (Å²) in [7, 11) is -5.44. The van der Waals surface area contributed by atoms with Gasteiger partial charge in [0.2, 0.25) is 0 Å². The molecule has 0 spiro atoms.